The number of likely N-dealkylation sites (tertiary alicyclic amines) is 1. The molecule has 3 heterocycles. The minimum Gasteiger partial charge on any atom is -0.475 e. The molecule has 1 unspecified atom stereocenters. The lowest BCUT2D eigenvalue weighted by atomic mass is 9.88. The first kappa shape index (κ1) is 25.8. The summed E-state index contributed by atoms with van der Waals surface area (Å²) in [6, 6.07) is 0. The predicted molar refractivity (Wildman–Crippen MR) is 105 cm³/mol. The quantitative estimate of drug-likeness (QED) is 0.677. The van der Waals surface area contributed by atoms with Crippen LogP contribution in [0.2, 0.25) is 0 Å². The number of carbonyl (C=O) groups excluding carboxylic acids is 1. The molecular weight excluding hydrogens is 421 g/mol. The third-order valence-electron chi connectivity index (χ3n) is 5.80. The van der Waals surface area contributed by atoms with E-state index in [1.807, 2.05) is 23.9 Å². The number of alkyl halides is 3. The van der Waals surface area contributed by atoms with Crippen LogP contribution >= 0.6 is 0 Å². The molecule has 1 N–H and O–H groups in total. The number of likely N-dealkylation sites (N-methyl/N-ethyl adjacent to an activating group) is 1. The second-order valence-electron chi connectivity index (χ2n) is 8.63. The van der Waals surface area contributed by atoms with Gasteiger partial charge in [-0.15, -0.1) is 0 Å². The van der Waals surface area contributed by atoms with Gasteiger partial charge in [-0.05, 0) is 45.7 Å². The number of carboxylic acid groups (broad SMARTS) is 1. The Bertz CT molecular complexity index is 588. The Hall–Kier alpha value is -1.43. The molecule has 1 amide bonds. The average molecular weight is 454 g/mol. The van der Waals surface area contributed by atoms with E-state index in [-0.39, 0.29) is 17.6 Å². The van der Waals surface area contributed by atoms with Crippen molar-refractivity contribution in [3.05, 3.63) is 0 Å². The van der Waals surface area contributed by atoms with E-state index in [1.165, 1.54) is 0 Å². The molecule has 0 saturated carbocycles. The van der Waals surface area contributed by atoms with Crippen LogP contribution in [0.1, 0.15) is 32.1 Å². The molecule has 0 bridgehead atoms. The highest BCUT2D eigenvalue weighted by atomic mass is 19.4. The van der Waals surface area contributed by atoms with Crippen LogP contribution in [-0.2, 0) is 23.8 Å². The summed E-state index contributed by atoms with van der Waals surface area (Å²) in [5.74, 6) is -1.89. The van der Waals surface area contributed by atoms with Crippen LogP contribution < -0.4 is 0 Å². The topological polar surface area (TPSA) is 88.5 Å². The molecule has 3 rings (SSSR count). The number of amides is 1. The molecule has 3 saturated heterocycles. The van der Waals surface area contributed by atoms with Gasteiger partial charge in [0.15, 0.2) is 0 Å². The van der Waals surface area contributed by atoms with E-state index >= 15 is 0 Å². The first-order valence-corrected chi connectivity index (χ1v) is 10.6. The maximum absolute atomic E-state index is 12.2. The maximum atomic E-state index is 12.2. The van der Waals surface area contributed by atoms with E-state index in [0.29, 0.717) is 19.1 Å². The third kappa shape index (κ3) is 8.55. The summed E-state index contributed by atoms with van der Waals surface area (Å²) in [5, 5.41) is 7.12. The molecule has 0 aromatic heterocycles. The molecule has 0 radical (unpaired) electrons. The summed E-state index contributed by atoms with van der Waals surface area (Å²) >= 11 is 0. The summed E-state index contributed by atoms with van der Waals surface area (Å²) in [6.07, 6.45) is 0.207. The fourth-order valence-corrected chi connectivity index (χ4v) is 3.98. The highest BCUT2D eigenvalue weighted by Crippen LogP contribution is 2.37. The van der Waals surface area contributed by atoms with E-state index < -0.39 is 12.1 Å². The molecule has 3 aliphatic heterocycles. The van der Waals surface area contributed by atoms with Crippen LogP contribution in [0.5, 0.6) is 0 Å². The van der Waals surface area contributed by atoms with Gasteiger partial charge in [-0.25, -0.2) is 4.79 Å². The summed E-state index contributed by atoms with van der Waals surface area (Å²) in [7, 11) is 3.87. The Labute approximate surface area is 180 Å². The molecule has 1 atom stereocenters. The number of hydrogen-bond acceptors (Lipinski definition) is 6. The highest BCUT2D eigenvalue weighted by Gasteiger charge is 2.44. The van der Waals surface area contributed by atoms with Gasteiger partial charge in [0, 0.05) is 32.7 Å². The minimum atomic E-state index is -5.08. The summed E-state index contributed by atoms with van der Waals surface area (Å²) in [5.41, 5.74) is -0.0603. The van der Waals surface area contributed by atoms with Crippen LogP contribution in [0.3, 0.4) is 0 Å². The molecule has 8 nitrogen and oxygen atoms in total. The zero-order valence-electron chi connectivity index (χ0n) is 18.2. The molecule has 180 valence electrons. The van der Waals surface area contributed by atoms with Crippen molar-refractivity contribution in [2.75, 3.05) is 60.2 Å². The van der Waals surface area contributed by atoms with Crippen molar-refractivity contribution in [1.29, 1.82) is 0 Å². The van der Waals surface area contributed by atoms with Gasteiger partial charge in [-0.2, -0.15) is 13.2 Å². The number of piperidine rings is 1. The van der Waals surface area contributed by atoms with E-state index in [1.54, 1.807) is 0 Å². The van der Waals surface area contributed by atoms with Crippen molar-refractivity contribution in [1.82, 2.24) is 9.80 Å². The third-order valence-corrected chi connectivity index (χ3v) is 5.80. The Morgan fingerprint density at radius 1 is 1.19 bits per heavy atom. The summed E-state index contributed by atoms with van der Waals surface area (Å²) in [6.45, 7) is 5.38. The first-order chi connectivity index (χ1) is 14.5. The van der Waals surface area contributed by atoms with E-state index in [2.05, 4.69) is 0 Å². The number of rotatable bonds is 5. The van der Waals surface area contributed by atoms with E-state index in [9.17, 15) is 18.0 Å². The Kier molecular flexibility index (Phi) is 9.53. The highest BCUT2D eigenvalue weighted by molar-refractivity contribution is 5.78. The largest absolute Gasteiger partial charge is 0.490 e. The lowest BCUT2D eigenvalue weighted by Crippen LogP contribution is -2.48. The van der Waals surface area contributed by atoms with Crippen molar-refractivity contribution in [2.24, 2.45) is 5.92 Å². The van der Waals surface area contributed by atoms with Crippen LogP contribution in [0.4, 0.5) is 13.2 Å². The van der Waals surface area contributed by atoms with E-state index in [0.717, 1.165) is 65.0 Å². The molecule has 0 aliphatic carbocycles. The van der Waals surface area contributed by atoms with Crippen LogP contribution in [0, 0.1) is 5.92 Å². The molecule has 0 aromatic rings. The summed E-state index contributed by atoms with van der Waals surface area (Å²) < 4.78 is 49.4. The van der Waals surface area contributed by atoms with Gasteiger partial charge in [0.05, 0.1) is 31.5 Å². The molecular formula is C20H33F3N2O6. The molecule has 3 aliphatic rings. The molecule has 3 fully saturated rings. The zero-order chi connectivity index (χ0) is 23.1. The van der Waals surface area contributed by atoms with Crippen molar-refractivity contribution < 1.29 is 42.1 Å². The van der Waals surface area contributed by atoms with Gasteiger partial charge in [-0.3, -0.25) is 4.79 Å². The fourth-order valence-electron chi connectivity index (χ4n) is 3.98. The maximum Gasteiger partial charge on any atom is 0.490 e. The molecule has 11 heteroatoms. The van der Waals surface area contributed by atoms with Crippen molar-refractivity contribution in [3.63, 3.8) is 0 Å². The van der Waals surface area contributed by atoms with Gasteiger partial charge in [0.1, 0.15) is 0 Å². The van der Waals surface area contributed by atoms with Gasteiger partial charge >= 0.3 is 12.1 Å². The number of aliphatic carboxylic acids is 1. The second-order valence-corrected chi connectivity index (χ2v) is 8.63. The van der Waals surface area contributed by atoms with E-state index in [4.69, 9.17) is 24.1 Å². The molecule has 31 heavy (non-hydrogen) atoms. The van der Waals surface area contributed by atoms with Crippen LogP contribution in [0.15, 0.2) is 0 Å². The van der Waals surface area contributed by atoms with Gasteiger partial charge in [0.25, 0.3) is 0 Å². The number of carboxylic acids is 1. The molecule has 0 aromatic carbocycles. The van der Waals surface area contributed by atoms with Crippen LogP contribution in [0.25, 0.3) is 0 Å². The SMILES string of the molecule is CN(C)CC(=O)N1CCC2(CC1)CC(OCC1CCOCC1)CO2.O=C(O)C(F)(F)F. The Morgan fingerprint density at radius 2 is 1.77 bits per heavy atom. The zero-order valence-corrected chi connectivity index (χ0v) is 18.2. The average Bonchev–Trinajstić information content (AvgIpc) is 3.09. The number of ether oxygens (including phenoxy) is 3. The standard InChI is InChI=1S/C18H32N2O4.C2HF3O2/c1-19(2)12-17(21)20-7-5-18(6-8-20)11-16(14-24-18)23-13-15-3-9-22-10-4-15;3-2(4,5)1(6)7/h15-16H,3-14H2,1-2H3;(H,6,7). The fraction of sp³-hybridized carbons (Fsp3) is 0.900. The number of carbonyl (C=O) groups is 2. The smallest absolute Gasteiger partial charge is 0.475 e. The lowest BCUT2D eigenvalue weighted by Gasteiger charge is -2.39. The van der Waals surface area contributed by atoms with Crippen molar-refractivity contribution in [2.45, 2.75) is 50.0 Å². The van der Waals surface area contributed by atoms with Gasteiger partial charge in [0.2, 0.25) is 5.91 Å². The normalized spacial score (nSPS) is 24.2. The number of nitrogens with zero attached hydrogens (tertiary/aromatic N) is 2. The Morgan fingerprint density at radius 3 is 2.29 bits per heavy atom. The lowest BCUT2D eigenvalue weighted by molar-refractivity contribution is -0.192. The van der Waals surface area contributed by atoms with Gasteiger partial charge < -0.3 is 29.1 Å². The van der Waals surface area contributed by atoms with Crippen LogP contribution in [-0.4, -0.2) is 105 Å². The molecule has 1 spiro atoms. The Balaban J connectivity index is 0.000000423. The first-order valence-electron chi connectivity index (χ1n) is 10.6. The minimum absolute atomic E-state index is 0.0603. The van der Waals surface area contributed by atoms with Gasteiger partial charge in [-0.1, -0.05) is 0 Å². The van der Waals surface area contributed by atoms with Crippen molar-refractivity contribution >= 4 is 11.9 Å². The second kappa shape index (κ2) is 11.4. The van der Waals surface area contributed by atoms with Crippen molar-refractivity contribution in [3.8, 4) is 0 Å². The monoisotopic (exact) mass is 454 g/mol. The number of hydrogen-bond donors (Lipinski definition) is 1. The predicted octanol–water partition coefficient (Wildman–Crippen LogP) is 1.77. The summed E-state index contributed by atoms with van der Waals surface area (Å²) in [4.78, 5) is 25.0. The number of halogens is 3.